The first-order valence-corrected chi connectivity index (χ1v) is 10.4. The maximum absolute atomic E-state index is 12.7. The normalized spacial score (nSPS) is 22.9. The van der Waals surface area contributed by atoms with Crippen LogP contribution >= 0.6 is 23.1 Å². The Morgan fingerprint density at radius 1 is 1.32 bits per heavy atom. The van der Waals surface area contributed by atoms with E-state index in [4.69, 9.17) is 0 Å². The Bertz CT molecular complexity index is 684. The Morgan fingerprint density at radius 2 is 2.12 bits per heavy atom. The third-order valence-corrected chi connectivity index (χ3v) is 6.63. The minimum atomic E-state index is -0.0537. The zero-order chi connectivity index (χ0) is 18.0. The molecule has 2 atom stereocenters. The van der Waals surface area contributed by atoms with Crippen molar-refractivity contribution in [2.24, 2.45) is 5.92 Å². The quantitative estimate of drug-likeness (QED) is 0.579. The van der Waals surface area contributed by atoms with Gasteiger partial charge in [0.05, 0.1) is 11.7 Å². The Balaban J connectivity index is 1.63. The zero-order valence-electron chi connectivity index (χ0n) is 14.9. The van der Waals surface area contributed by atoms with E-state index < -0.39 is 0 Å². The molecule has 4 heterocycles. The van der Waals surface area contributed by atoms with Crippen LogP contribution in [0.25, 0.3) is 0 Å². The van der Waals surface area contributed by atoms with E-state index in [1.54, 1.807) is 0 Å². The van der Waals surface area contributed by atoms with Crippen LogP contribution in [0, 0.1) is 12.8 Å². The lowest BCUT2D eigenvalue weighted by Crippen LogP contribution is -2.48. The molecule has 3 aliphatic heterocycles. The molecule has 0 saturated carbocycles. The first-order valence-electron chi connectivity index (χ1n) is 8.58. The van der Waals surface area contributed by atoms with Gasteiger partial charge in [-0.15, -0.1) is 10.2 Å². The van der Waals surface area contributed by atoms with Crippen molar-refractivity contribution in [3.05, 3.63) is 16.7 Å². The van der Waals surface area contributed by atoms with Crippen LogP contribution in [-0.2, 0) is 9.59 Å². The fraction of sp³-hybridized carbons (Fsp3) is 0.647. The predicted octanol–water partition coefficient (Wildman–Crippen LogP) is 2.35. The summed E-state index contributed by atoms with van der Waals surface area (Å²) in [5, 5.41) is 8.93. The lowest BCUT2D eigenvalue weighted by atomic mass is 9.94. The lowest BCUT2D eigenvalue weighted by molar-refractivity contribution is -0.139. The highest BCUT2D eigenvalue weighted by molar-refractivity contribution is 8.01. The largest absolute Gasteiger partial charge is 0.339 e. The number of thioether (sulfide) groups is 1. The van der Waals surface area contributed by atoms with Crippen LogP contribution in [0.15, 0.2) is 16.0 Å². The molecule has 136 valence electrons. The van der Waals surface area contributed by atoms with E-state index in [-0.39, 0.29) is 23.8 Å². The summed E-state index contributed by atoms with van der Waals surface area (Å²) in [6.45, 7) is 7.85. The van der Waals surface area contributed by atoms with E-state index in [0.29, 0.717) is 25.4 Å². The summed E-state index contributed by atoms with van der Waals surface area (Å²) in [6, 6.07) is 0.138. The van der Waals surface area contributed by atoms with Crippen LogP contribution in [0.3, 0.4) is 0 Å². The number of carbonyl (C=O) groups is 2. The Labute approximate surface area is 156 Å². The van der Waals surface area contributed by atoms with Crippen molar-refractivity contribution in [2.45, 2.75) is 44.0 Å². The van der Waals surface area contributed by atoms with Crippen LogP contribution in [0.1, 0.15) is 31.7 Å². The van der Waals surface area contributed by atoms with Crippen LogP contribution in [-0.4, -0.2) is 63.2 Å². The van der Waals surface area contributed by atoms with Gasteiger partial charge in [0.1, 0.15) is 5.01 Å². The molecule has 1 aromatic rings. The molecule has 8 heteroatoms. The molecule has 3 saturated heterocycles. The number of hydrogen-bond donors (Lipinski definition) is 0. The van der Waals surface area contributed by atoms with Crippen molar-refractivity contribution in [3.8, 4) is 0 Å². The van der Waals surface area contributed by atoms with Crippen molar-refractivity contribution in [1.82, 2.24) is 20.0 Å². The van der Waals surface area contributed by atoms with Crippen molar-refractivity contribution < 1.29 is 9.59 Å². The summed E-state index contributed by atoms with van der Waals surface area (Å²) in [7, 11) is 0. The van der Waals surface area contributed by atoms with E-state index in [9.17, 15) is 9.59 Å². The first kappa shape index (κ1) is 18.4. The van der Waals surface area contributed by atoms with E-state index in [0.717, 1.165) is 22.2 Å². The minimum Gasteiger partial charge on any atom is -0.339 e. The molecule has 2 amide bonds. The van der Waals surface area contributed by atoms with Crippen molar-refractivity contribution in [3.63, 3.8) is 0 Å². The average molecular weight is 381 g/mol. The van der Waals surface area contributed by atoms with Crippen molar-refractivity contribution in [1.29, 1.82) is 0 Å². The van der Waals surface area contributed by atoms with Crippen molar-refractivity contribution >= 4 is 34.9 Å². The Hall–Kier alpha value is -1.41. The molecule has 1 aromatic heterocycles. The molecule has 3 aliphatic rings. The van der Waals surface area contributed by atoms with Crippen LogP contribution in [0.5, 0.6) is 0 Å². The molecular weight excluding hydrogens is 356 g/mol. The molecule has 0 aromatic carbocycles. The number of aromatic nitrogens is 2. The number of hydrogen-bond acceptors (Lipinski definition) is 6. The van der Waals surface area contributed by atoms with E-state index >= 15 is 0 Å². The van der Waals surface area contributed by atoms with Gasteiger partial charge in [0, 0.05) is 25.7 Å². The molecule has 0 spiro atoms. The van der Waals surface area contributed by atoms with Gasteiger partial charge < -0.3 is 9.80 Å². The van der Waals surface area contributed by atoms with E-state index in [1.807, 2.05) is 30.6 Å². The molecule has 25 heavy (non-hydrogen) atoms. The number of fused-ring (bicyclic) bond motifs is 4. The Morgan fingerprint density at radius 3 is 2.80 bits per heavy atom. The Kier molecular flexibility index (Phi) is 5.78. The SMILES string of the molecule is CC(C)=CCN1C(=O)[C@H]2CC[C@@H]1CN(C(=O)CSc1nnc(C)s1)C2. The molecule has 2 bridgehead atoms. The van der Waals surface area contributed by atoms with Gasteiger partial charge in [0.2, 0.25) is 11.8 Å². The highest BCUT2D eigenvalue weighted by Crippen LogP contribution is 2.30. The number of aryl methyl sites for hydroxylation is 1. The molecule has 0 unspecified atom stereocenters. The topological polar surface area (TPSA) is 66.4 Å². The second-order valence-corrected chi connectivity index (χ2v) is 9.28. The van der Waals surface area contributed by atoms with Gasteiger partial charge in [-0.1, -0.05) is 34.7 Å². The summed E-state index contributed by atoms with van der Waals surface area (Å²) in [6.07, 6.45) is 3.97. The minimum absolute atomic E-state index is 0.0537. The number of nitrogens with zero attached hydrogens (tertiary/aromatic N) is 4. The number of rotatable bonds is 5. The van der Waals surface area contributed by atoms with Crippen molar-refractivity contribution in [2.75, 3.05) is 25.4 Å². The lowest BCUT2D eigenvalue weighted by Gasteiger charge is -2.35. The van der Waals surface area contributed by atoms with Gasteiger partial charge in [-0.25, -0.2) is 0 Å². The third-order valence-electron chi connectivity index (χ3n) is 4.67. The van der Waals surface area contributed by atoms with Crippen LogP contribution < -0.4 is 0 Å². The molecule has 0 aliphatic carbocycles. The molecule has 6 nitrogen and oxygen atoms in total. The number of allylic oxidation sites excluding steroid dienone is 1. The zero-order valence-corrected chi connectivity index (χ0v) is 16.5. The summed E-state index contributed by atoms with van der Waals surface area (Å²) in [5.74, 6) is 0.598. The number of piperidine rings is 1. The summed E-state index contributed by atoms with van der Waals surface area (Å²) in [4.78, 5) is 29.2. The molecular formula is C17H24N4O2S2. The first-order chi connectivity index (χ1) is 11.9. The second-order valence-electron chi connectivity index (χ2n) is 6.87. The standard InChI is InChI=1S/C17H24N4O2S2/c1-11(2)6-7-21-14-5-4-13(16(21)23)8-20(9-14)15(22)10-24-17-19-18-12(3)25-17/h6,13-14H,4-5,7-10H2,1-3H3/t13-,14+/m0/s1. The van der Waals surface area contributed by atoms with Gasteiger partial charge in [0.15, 0.2) is 4.34 Å². The van der Waals surface area contributed by atoms with E-state index in [1.165, 1.54) is 28.7 Å². The second kappa shape index (κ2) is 7.86. The van der Waals surface area contributed by atoms with Gasteiger partial charge >= 0.3 is 0 Å². The smallest absolute Gasteiger partial charge is 0.233 e. The fourth-order valence-electron chi connectivity index (χ4n) is 3.32. The predicted molar refractivity (Wildman–Crippen MR) is 99.6 cm³/mol. The monoisotopic (exact) mass is 380 g/mol. The summed E-state index contributed by atoms with van der Waals surface area (Å²) >= 11 is 2.94. The highest BCUT2D eigenvalue weighted by Gasteiger charge is 2.41. The maximum atomic E-state index is 12.7. The molecule has 0 N–H and O–H groups in total. The summed E-state index contributed by atoms with van der Waals surface area (Å²) < 4.78 is 0.824. The van der Waals surface area contributed by atoms with Crippen LogP contribution in [0.4, 0.5) is 0 Å². The van der Waals surface area contributed by atoms with E-state index in [2.05, 4.69) is 16.3 Å². The van der Waals surface area contributed by atoms with Gasteiger partial charge in [-0.3, -0.25) is 9.59 Å². The highest BCUT2D eigenvalue weighted by atomic mass is 32.2. The van der Waals surface area contributed by atoms with Crippen LogP contribution in [0.2, 0.25) is 0 Å². The molecule has 4 rings (SSSR count). The maximum Gasteiger partial charge on any atom is 0.233 e. The third kappa shape index (κ3) is 4.41. The number of amides is 2. The van der Waals surface area contributed by atoms with Gasteiger partial charge in [-0.05, 0) is 33.6 Å². The fourth-order valence-corrected chi connectivity index (χ4v) is 5.04. The van der Waals surface area contributed by atoms with Gasteiger partial charge in [0.25, 0.3) is 0 Å². The summed E-state index contributed by atoms with van der Waals surface area (Å²) in [5.41, 5.74) is 1.21. The average Bonchev–Trinajstić information content (AvgIpc) is 2.80. The molecule has 0 radical (unpaired) electrons. The van der Waals surface area contributed by atoms with Gasteiger partial charge in [-0.2, -0.15) is 0 Å². The molecule has 3 fully saturated rings. The number of carbonyl (C=O) groups excluding carboxylic acids is 2.